The van der Waals surface area contributed by atoms with E-state index < -0.39 is 0 Å². The maximum atomic E-state index is 13.6. The highest BCUT2D eigenvalue weighted by Gasteiger charge is 2.42. The summed E-state index contributed by atoms with van der Waals surface area (Å²) in [6.07, 6.45) is 7.97. The lowest BCUT2D eigenvalue weighted by Crippen LogP contribution is -2.47. The number of aryl methyl sites for hydroxylation is 1. The smallest absolute Gasteiger partial charge is 0.268 e. The molecular formula is C29H30N2O3S. The van der Waals surface area contributed by atoms with Gasteiger partial charge in [-0.2, -0.15) is 0 Å². The minimum atomic E-state index is -0.306. The van der Waals surface area contributed by atoms with Gasteiger partial charge in [0.2, 0.25) is 0 Å². The van der Waals surface area contributed by atoms with Crippen molar-refractivity contribution >= 4 is 29.2 Å². The van der Waals surface area contributed by atoms with Crippen molar-refractivity contribution in [3.05, 3.63) is 93.3 Å². The van der Waals surface area contributed by atoms with Crippen LogP contribution in [-0.2, 0) is 4.79 Å². The van der Waals surface area contributed by atoms with E-state index in [1.165, 1.54) is 17.8 Å². The molecule has 6 heteroatoms. The van der Waals surface area contributed by atoms with Gasteiger partial charge in [-0.05, 0) is 68.3 Å². The molecule has 2 N–H and O–H groups in total. The van der Waals surface area contributed by atoms with Crippen LogP contribution in [0.2, 0.25) is 0 Å². The Morgan fingerprint density at radius 2 is 1.77 bits per heavy atom. The first-order valence-electron chi connectivity index (χ1n) is 12.2. The van der Waals surface area contributed by atoms with Crippen molar-refractivity contribution in [1.29, 1.82) is 0 Å². The van der Waals surface area contributed by atoms with Crippen molar-refractivity contribution in [3.8, 4) is 5.75 Å². The fourth-order valence-electron chi connectivity index (χ4n) is 5.06. The minimum absolute atomic E-state index is 0.187. The van der Waals surface area contributed by atoms with Crippen molar-refractivity contribution in [2.75, 3.05) is 0 Å². The molecule has 0 saturated heterocycles. The number of amides is 2. The second kappa shape index (κ2) is 10.1. The van der Waals surface area contributed by atoms with Gasteiger partial charge in [-0.25, -0.2) is 0 Å². The van der Waals surface area contributed by atoms with Crippen molar-refractivity contribution in [3.63, 3.8) is 0 Å². The lowest BCUT2D eigenvalue weighted by Gasteiger charge is -2.44. The van der Waals surface area contributed by atoms with Crippen LogP contribution in [0.3, 0.4) is 0 Å². The lowest BCUT2D eigenvalue weighted by atomic mass is 9.77. The first-order chi connectivity index (χ1) is 17.0. The molecule has 35 heavy (non-hydrogen) atoms. The van der Waals surface area contributed by atoms with Crippen molar-refractivity contribution in [2.45, 2.75) is 57.1 Å². The largest absolute Gasteiger partial charge is 0.487 e. The number of carbonyl (C=O) groups excluding carboxylic acids is 2. The highest BCUT2D eigenvalue weighted by atomic mass is 32.1. The summed E-state index contributed by atoms with van der Waals surface area (Å²) < 4.78 is 6.52. The third kappa shape index (κ3) is 5.33. The lowest BCUT2D eigenvalue weighted by molar-refractivity contribution is -0.119. The van der Waals surface area contributed by atoms with Crippen LogP contribution in [0.25, 0.3) is 6.08 Å². The Morgan fingerprint density at radius 3 is 2.51 bits per heavy atom. The number of hydrogen-bond donors (Lipinski definition) is 2. The highest BCUT2D eigenvalue weighted by molar-refractivity contribution is 7.10. The number of ether oxygens (including phenoxy) is 1. The Labute approximate surface area is 210 Å². The maximum Gasteiger partial charge on any atom is 0.268 e. The number of nitrogens with one attached hydrogen (secondary N) is 2. The molecule has 1 aromatic heterocycles. The van der Waals surface area contributed by atoms with Gasteiger partial charge in [-0.1, -0.05) is 48.4 Å². The second-order valence-corrected chi connectivity index (χ2v) is 10.5. The Morgan fingerprint density at radius 1 is 1.00 bits per heavy atom. The molecule has 0 radical (unpaired) electrons. The van der Waals surface area contributed by atoms with Gasteiger partial charge in [-0.15, -0.1) is 11.3 Å². The number of thiophene rings is 1. The quantitative estimate of drug-likeness (QED) is 0.424. The first-order valence-corrected chi connectivity index (χ1v) is 13.1. The predicted molar refractivity (Wildman–Crippen MR) is 139 cm³/mol. The fourth-order valence-corrected chi connectivity index (χ4v) is 5.72. The molecule has 1 atom stereocenters. The SMILES string of the molecule is Cc1ccc(C(=O)N/C(=C\c2cccs2)C(=O)N[C@H]2CC3(CCCCC3)Oc3ccccc32)cc1. The first kappa shape index (κ1) is 23.4. The van der Waals surface area contributed by atoms with Crippen molar-refractivity contribution < 1.29 is 14.3 Å². The van der Waals surface area contributed by atoms with E-state index in [9.17, 15) is 9.59 Å². The van der Waals surface area contributed by atoms with Gasteiger partial charge in [0, 0.05) is 22.4 Å². The van der Waals surface area contributed by atoms with Gasteiger partial charge in [0.15, 0.2) is 0 Å². The highest BCUT2D eigenvalue weighted by Crippen LogP contribution is 2.46. The van der Waals surface area contributed by atoms with E-state index in [-0.39, 0.29) is 29.2 Å². The third-order valence-electron chi connectivity index (χ3n) is 6.90. The fraction of sp³-hybridized carbons (Fsp3) is 0.310. The summed E-state index contributed by atoms with van der Waals surface area (Å²) in [5.74, 6) is 0.240. The Hall–Kier alpha value is -3.38. The summed E-state index contributed by atoms with van der Waals surface area (Å²) in [6, 6.07) is 18.9. The topological polar surface area (TPSA) is 67.4 Å². The average molecular weight is 487 g/mol. The molecule has 2 heterocycles. The van der Waals surface area contributed by atoms with Crippen LogP contribution in [0.5, 0.6) is 5.75 Å². The monoisotopic (exact) mass is 486 g/mol. The summed E-state index contributed by atoms with van der Waals surface area (Å²) >= 11 is 1.52. The van der Waals surface area contributed by atoms with Gasteiger partial charge in [0.05, 0.1) is 6.04 Å². The summed E-state index contributed by atoms with van der Waals surface area (Å²) in [6.45, 7) is 1.97. The molecule has 180 valence electrons. The minimum Gasteiger partial charge on any atom is -0.487 e. The van der Waals surface area contributed by atoms with Gasteiger partial charge in [-0.3, -0.25) is 9.59 Å². The molecule has 5 nitrogen and oxygen atoms in total. The molecule has 1 spiro atoms. The van der Waals surface area contributed by atoms with Crippen LogP contribution in [0.1, 0.15) is 70.9 Å². The summed E-state index contributed by atoms with van der Waals surface area (Å²) in [7, 11) is 0. The van der Waals surface area contributed by atoms with E-state index in [4.69, 9.17) is 4.74 Å². The van der Waals surface area contributed by atoms with Crippen LogP contribution < -0.4 is 15.4 Å². The normalized spacial score (nSPS) is 18.9. The van der Waals surface area contributed by atoms with Gasteiger partial charge >= 0.3 is 0 Å². The van der Waals surface area contributed by atoms with Gasteiger partial charge in [0.25, 0.3) is 11.8 Å². The van der Waals surface area contributed by atoms with Crippen LogP contribution >= 0.6 is 11.3 Å². The van der Waals surface area contributed by atoms with Crippen LogP contribution in [-0.4, -0.2) is 17.4 Å². The Balaban J connectivity index is 1.41. The van der Waals surface area contributed by atoms with Crippen molar-refractivity contribution in [2.24, 2.45) is 0 Å². The van der Waals surface area contributed by atoms with Gasteiger partial charge < -0.3 is 15.4 Å². The molecule has 0 unspecified atom stereocenters. The predicted octanol–water partition coefficient (Wildman–Crippen LogP) is 6.17. The molecule has 1 fully saturated rings. The molecule has 1 aliphatic carbocycles. The zero-order valence-electron chi connectivity index (χ0n) is 19.9. The zero-order valence-corrected chi connectivity index (χ0v) is 20.7. The third-order valence-corrected chi connectivity index (χ3v) is 7.72. The summed E-state index contributed by atoms with van der Waals surface area (Å²) in [4.78, 5) is 27.5. The molecule has 2 aliphatic rings. The number of benzene rings is 2. The molecule has 1 saturated carbocycles. The zero-order chi connectivity index (χ0) is 24.3. The van der Waals surface area contributed by atoms with E-state index in [0.717, 1.165) is 53.9 Å². The maximum absolute atomic E-state index is 13.6. The van der Waals surface area contributed by atoms with E-state index in [1.54, 1.807) is 18.2 Å². The average Bonchev–Trinajstić information content (AvgIpc) is 3.37. The molecule has 0 bridgehead atoms. The number of hydrogen-bond acceptors (Lipinski definition) is 4. The molecular weight excluding hydrogens is 456 g/mol. The number of rotatable bonds is 5. The van der Waals surface area contributed by atoms with E-state index >= 15 is 0 Å². The molecule has 2 amide bonds. The van der Waals surface area contributed by atoms with Crippen LogP contribution in [0.15, 0.2) is 71.7 Å². The molecule has 1 aliphatic heterocycles. The van der Waals surface area contributed by atoms with E-state index in [0.29, 0.717) is 5.56 Å². The Bertz CT molecular complexity index is 1230. The van der Waals surface area contributed by atoms with Crippen molar-refractivity contribution in [1.82, 2.24) is 10.6 Å². The molecule has 3 aromatic rings. The molecule has 2 aromatic carbocycles. The van der Waals surface area contributed by atoms with Gasteiger partial charge in [0.1, 0.15) is 17.0 Å². The number of fused-ring (bicyclic) bond motifs is 1. The Kier molecular flexibility index (Phi) is 6.73. The summed E-state index contributed by atoms with van der Waals surface area (Å²) in [5, 5.41) is 8.04. The van der Waals surface area contributed by atoms with E-state index in [1.807, 2.05) is 60.8 Å². The number of para-hydroxylation sites is 1. The van der Waals surface area contributed by atoms with E-state index in [2.05, 4.69) is 10.6 Å². The van der Waals surface area contributed by atoms with Crippen LogP contribution in [0, 0.1) is 6.92 Å². The number of carbonyl (C=O) groups is 2. The van der Waals surface area contributed by atoms with Crippen LogP contribution in [0.4, 0.5) is 0 Å². The molecule has 5 rings (SSSR count). The summed E-state index contributed by atoms with van der Waals surface area (Å²) in [5.41, 5.74) is 2.56. The standard InChI is InChI=1S/C29H30N2O3S/c1-20-11-13-21(14-12-20)27(32)30-24(18-22-8-7-17-35-22)28(33)31-25-19-29(15-5-2-6-16-29)34-26-10-4-3-9-23(25)26/h3-4,7-14,17-18,25H,2,5-6,15-16,19H2,1H3,(H,30,32)(H,31,33)/b24-18-/t25-/m0/s1. The second-order valence-electron chi connectivity index (χ2n) is 9.51.